The molecule has 7 heteroatoms. The van der Waals surface area contributed by atoms with Gasteiger partial charge in [0.1, 0.15) is 5.69 Å². The number of ether oxygens (including phenoxy) is 1. The van der Waals surface area contributed by atoms with E-state index in [9.17, 15) is 9.59 Å². The molecule has 3 rings (SSSR count). The first-order valence-electron chi connectivity index (χ1n) is 7.38. The first-order valence-corrected chi connectivity index (χ1v) is 8.17. The van der Waals surface area contributed by atoms with Gasteiger partial charge in [0.2, 0.25) is 0 Å². The molecule has 0 saturated carbocycles. The highest BCUT2D eigenvalue weighted by Crippen LogP contribution is 2.26. The molecule has 0 aliphatic carbocycles. The van der Waals surface area contributed by atoms with Crippen LogP contribution >= 0.6 is 15.9 Å². The Morgan fingerprint density at radius 3 is 2.74 bits per heavy atom. The number of carbonyl (C=O) groups is 2. The largest absolute Gasteiger partial charge is 0.481 e. The molecule has 122 valence electrons. The number of carboxylic acid groups (broad SMARTS) is 1. The SMILES string of the molecule is O=C(O)CC1(NC(=O)c2cc3cc(Br)ccc3[nH]2)CCOCC1. The van der Waals surface area contributed by atoms with Gasteiger partial charge in [0.05, 0.1) is 12.0 Å². The third kappa shape index (κ3) is 3.56. The number of benzene rings is 1. The van der Waals surface area contributed by atoms with Crippen LogP contribution in [0.15, 0.2) is 28.7 Å². The number of carbonyl (C=O) groups excluding carboxylic acids is 1. The summed E-state index contributed by atoms with van der Waals surface area (Å²) in [6.45, 7) is 0.903. The third-order valence-corrected chi connectivity index (χ3v) is 4.64. The molecule has 1 saturated heterocycles. The number of rotatable bonds is 4. The molecular weight excluding hydrogens is 364 g/mol. The van der Waals surface area contributed by atoms with E-state index in [1.165, 1.54) is 0 Å². The summed E-state index contributed by atoms with van der Waals surface area (Å²) in [4.78, 5) is 26.8. The summed E-state index contributed by atoms with van der Waals surface area (Å²) in [5.74, 6) is -1.21. The molecule has 0 radical (unpaired) electrons. The first kappa shape index (κ1) is 16.0. The maximum Gasteiger partial charge on any atom is 0.305 e. The van der Waals surface area contributed by atoms with Crippen LogP contribution in [0, 0.1) is 0 Å². The summed E-state index contributed by atoms with van der Waals surface area (Å²) in [6, 6.07) is 7.47. The first-order chi connectivity index (χ1) is 11.0. The van der Waals surface area contributed by atoms with Crippen molar-refractivity contribution in [2.45, 2.75) is 24.8 Å². The minimum Gasteiger partial charge on any atom is -0.481 e. The lowest BCUT2D eigenvalue weighted by Crippen LogP contribution is -2.53. The van der Waals surface area contributed by atoms with Crippen LogP contribution in [0.25, 0.3) is 10.9 Å². The van der Waals surface area contributed by atoms with Crippen LogP contribution in [-0.4, -0.2) is 40.7 Å². The minimum atomic E-state index is -0.923. The Hall–Kier alpha value is -1.86. The van der Waals surface area contributed by atoms with Gasteiger partial charge in [-0.2, -0.15) is 0 Å². The van der Waals surface area contributed by atoms with Crippen molar-refractivity contribution in [3.05, 3.63) is 34.4 Å². The Bertz CT molecular complexity index is 750. The van der Waals surface area contributed by atoms with Gasteiger partial charge in [-0.3, -0.25) is 9.59 Å². The molecular formula is C16H17BrN2O4. The van der Waals surface area contributed by atoms with Crippen molar-refractivity contribution >= 4 is 38.7 Å². The number of carboxylic acids is 1. The molecule has 2 heterocycles. The van der Waals surface area contributed by atoms with Crippen molar-refractivity contribution in [1.82, 2.24) is 10.3 Å². The molecule has 0 bridgehead atoms. The van der Waals surface area contributed by atoms with Crippen molar-refractivity contribution < 1.29 is 19.4 Å². The average molecular weight is 381 g/mol. The number of nitrogens with one attached hydrogen (secondary N) is 2. The molecule has 1 fully saturated rings. The zero-order valence-corrected chi connectivity index (χ0v) is 14.0. The van der Waals surface area contributed by atoms with E-state index in [4.69, 9.17) is 9.84 Å². The highest BCUT2D eigenvalue weighted by Gasteiger charge is 2.36. The summed E-state index contributed by atoms with van der Waals surface area (Å²) < 4.78 is 6.23. The second-order valence-corrected chi connectivity index (χ2v) is 6.75. The Labute approximate surface area is 141 Å². The average Bonchev–Trinajstić information content (AvgIpc) is 2.90. The molecule has 0 unspecified atom stereocenters. The molecule has 1 aliphatic rings. The normalized spacial score (nSPS) is 17.1. The molecule has 1 amide bonds. The van der Waals surface area contributed by atoms with E-state index < -0.39 is 11.5 Å². The fourth-order valence-corrected chi connectivity index (χ4v) is 3.31. The minimum absolute atomic E-state index is 0.103. The molecule has 0 spiro atoms. The maximum atomic E-state index is 12.6. The topological polar surface area (TPSA) is 91.4 Å². The predicted molar refractivity (Wildman–Crippen MR) is 88.5 cm³/mol. The summed E-state index contributed by atoms with van der Waals surface area (Å²) in [7, 11) is 0. The highest BCUT2D eigenvalue weighted by molar-refractivity contribution is 9.10. The monoisotopic (exact) mass is 380 g/mol. The van der Waals surface area contributed by atoms with Gasteiger partial charge in [-0.15, -0.1) is 0 Å². The van der Waals surface area contributed by atoms with Gasteiger partial charge in [-0.05, 0) is 37.1 Å². The molecule has 1 aromatic heterocycles. The number of halogens is 1. The molecule has 2 aromatic rings. The lowest BCUT2D eigenvalue weighted by atomic mass is 9.86. The lowest BCUT2D eigenvalue weighted by molar-refractivity contribution is -0.139. The predicted octanol–water partition coefficient (Wildman–Crippen LogP) is 2.68. The fourth-order valence-electron chi connectivity index (χ4n) is 2.93. The van der Waals surface area contributed by atoms with Crippen LogP contribution in [0.1, 0.15) is 29.8 Å². The van der Waals surface area contributed by atoms with Crippen LogP contribution in [0.4, 0.5) is 0 Å². The van der Waals surface area contributed by atoms with Gasteiger partial charge in [0.15, 0.2) is 0 Å². The second kappa shape index (κ2) is 6.33. The van der Waals surface area contributed by atoms with Crippen LogP contribution < -0.4 is 5.32 Å². The van der Waals surface area contributed by atoms with E-state index in [0.29, 0.717) is 31.7 Å². The lowest BCUT2D eigenvalue weighted by Gasteiger charge is -2.36. The van der Waals surface area contributed by atoms with Gasteiger partial charge >= 0.3 is 5.97 Å². The summed E-state index contributed by atoms with van der Waals surface area (Å²) in [5.41, 5.74) is 0.533. The Morgan fingerprint density at radius 2 is 2.04 bits per heavy atom. The van der Waals surface area contributed by atoms with Gasteiger partial charge in [-0.25, -0.2) is 0 Å². The van der Waals surface area contributed by atoms with Crippen molar-refractivity contribution in [3.63, 3.8) is 0 Å². The van der Waals surface area contributed by atoms with E-state index in [1.54, 1.807) is 6.07 Å². The molecule has 6 nitrogen and oxygen atoms in total. The molecule has 23 heavy (non-hydrogen) atoms. The number of hydrogen-bond donors (Lipinski definition) is 3. The summed E-state index contributed by atoms with van der Waals surface area (Å²) in [5, 5.41) is 13.0. The standard InChI is InChI=1S/C16H17BrN2O4/c17-11-1-2-12-10(7-11)8-13(18-12)15(22)19-16(9-14(20)21)3-5-23-6-4-16/h1-2,7-8,18H,3-6,9H2,(H,19,22)(H,20,21). The van der Waals surface area contributed by atoms with Crippen LogP contribution in [-0.2, 0) is 9.53 Å². The number of aliphatic carboxylic acids is 1. The van der Waals surface area contributed by atoms with Crippen molar-refractivity contribution in [3.8, 4) is 0 Å². The number of hydrogen-bond acceptors (Lipinski definition) is 3. The maximum absolute atomic E-state index is 12.6. The Morgan fingerprint density at radius 1 is 1.30 bits per heavy atom. The van der Waals surface area contributed by atoms with Crippen molar-refractivity contribution in [2.75, 3.05) is 13.2 Å². The smallest absolute Gasteiger partial charge is 0.305 e. The van der Waals surface area contributed by atoms with Gasteiger partial charge in [0, 0.05) is 28.6 Å². The number of fused-ring (bicyclic) bond motifs is 1. The van der Waals surface area contributed by atoms with Gasteiger partial charge < -0.3 is 20.1 Å². The second-order valence-electron chi connectivity index (χ2n) is 5.83. The summed E-state index contributed by atoms with van der Waals surface area (Å²) in [6.07, 6.45) is 0.890. The number of amides is 1. The number of H-pyrrole nitrogens is 1. The van der Waals surface area contributed by atoms with E-state index in [0.717, 1.165) is 15.4 Å². The van der Waals surface area contributed by atoms with Crippen molar-refractivity contribution in [1.29, 1.82) is 0 Å². The molecule has 1 aromatic carbocycles. The Kier molecular flexibility index (Phi) is 4.41. The number of aromatic amines is 1. The zero-order chi connectivity index (χ0) is 16.4. The van der Waals surface area contributed by atoms with E-state index in [-0.39, 0.29) is 12.3 Å². The quantitative estimate of drug-likeness (QED) is 0.760. The summed E-state index contributed by atoms with van der Waals surface area (Å²) >= 11 is 3.40. The zero-order valence-electron chi connectivity index (χ0n) is 12.4. The number of aromatic nitrogens is 1. The fraction of sp³-hybridized carbons (Fsp3) is 0.375. The molecule has 3 N–H and O–H groups in total. The van der Waals surface area contributed by atoms with Crippen LogP contribution in [0.2, 0.25) is 0 Å². The van der Waals surface area contributed by atoms with Crippen LogP contribution in [0.3, 0.4) is 0 Å². The van der Waals surface area contributed by atoms with Gasteiger partial charge in [-0.1, -0.05) is 15.9 Å². The van der Waals surface area contributed by atoms with Gasteiger partial charge in [0.25, 0.3) is 5.91 Å². The highest BCUT2D eigenvalue weighted by atomic mass is 79.9. The van der Waals surface area contributed by atoms with Crippen molar-refractivity contribution in [2.24, 2.45) is 0 Å². The Balaban J connectivity index is 1.83. The van der Waals surface area contributed by atoms with E-state index in [2.05, 4.69) is 26.2 Å². The molecule has 1 aliphatic heterocycles. The van der Waals surface area contributed by atoms with E-state index in [1.807, 2.05) is 18.2 Å². The molecule has 0 atom stereocenters. The third-order valence-electron chi connectivity index (χ3n) is 4.15. The van der Waals surface area contributed by atoms with Crippen LogP contribution in [0.5, 0.6) is 0 Å². The van der Waals surface area contributed by atoms with E-state index >= 15 is 0 Å².